The van der Waals surface area contributed by atoms with Crippen LogP contribution in [0.3, 0.4) is 0 Å². The third kappa shape index (κ3) is 4.45. The van der Waals surface area contributed by atoms with Gasteiger partial charge in [0, 0.05) is 25.7 Å². The first-order valence-corrected chi connectivity index (χ1v) is 12.0. The first-order valence-electron chi connectivity index (χ1n) is 11.6. The molecule has 13 heteroatoms. The number of para-hydroxylation sites is 1. The second-order valence-corrected chi connectivity index (χ2v) is 9.67. The molecule has 1 amide bonds. The summed E-state index contributed by atoms with van der Waals surface area (Å²) in [7, 11) is 0. The number of rotatable bonds is 4. The zero-order valence-corrected chi connectivity index (χ0v) is 22.6. The molecule has 3 heterocycles. The number of hydrogen-bond donors (Lipinski definition) is 0. The van der Waals surface area contributed by atoms with Crippen LogP contribution in [0.2, 0.25) is 5.15 Å². The van der Waals surface area contributed by atoms with Crippen molar-refractivity contribution in [1.29, 1.82) is 0 Å². The highest BCUT2D eigenvalue weighted by Gasteiger charge is 2.65. The number of carbonyl (C=O) groups is 1. The molecule has 0 radical (unpaired) electrons. The van der Waals surface area contributed by atoms with Gasteiger partial charge in [0.05, 0.1) is 16.5 Å². The third-order valence-electron chi connectivity index (χ3n) is 7.10. The van der Waals surface area contributed by atoms with Crippen LogP contribution in [0.1, 0.15) is 25.3 Å². The van der Waals surface area contributed by atoms with Crippen molar-refractivity contribution in [3.63, 3.8) is 0 Å². The van der Waals surface area contributed by atoms with Crippen molar-refractivity contribution in [2.24, 2.45) is 0 Å². The predicted octanol–water partition coefficient (Wildman–Crippen LogP) is 4.45. The number of nitrogens with zero attached hydrogens (tertiary/aromatic N) is 5. The number of piperazine rings is 1. The van der Waals surface area contributed by atoms with Gasteiger partial charge in [0.15, 0.2) is 16.6 Å². The molecule has 1 saturated heterocycles. The van der Waals surface area contributed by atoms with Crippen molar-refractivity contribution >= 4 is 44.3 Å². The van der Waals surface area contributed by atoms with E-state index in [1.807, 2.05) is 6.92 Å². The van der Waals surface area contributed by atoms with Gasteiger partial charge in [0.2, 0.25) is 5.91 Å². The van der Waals surface area contributed by atoms with E-state index in [2.05, 4.69) is 16.5 Å². The SMILES string of the molecule is C=CC(=O)N1CCN(c2nc(=O)n(-c3ccccc3C3(C(F)(F)F)CC3)c3nc(Cl)c(F)cc23)[C@@H](C)C1.P. The second-order valence-electron chi connectivity index (χ2n) is 9.31. The van der Waals surface area contributed by atoms with Gasteiger partial charge in [-0.2, -0.15) is 28.1 Å². The molecule has 1 unspecified atom stereocenters. The van der Waals surface area contributed by atoms with Crippen molar-refractivity contribution in [2.45, 2.75) is 37.4 Å². The lowest BCUT2D eigenvalue weighted by atomic mass is 9.93. The van der Waals surface area contributed by atoms with E-state index in [1.165, 1.54) is 30.3 Å². The van der Waals surface area contributed by atoms with Crippen LogP contribution in [0.5, 0.6) is 0 Å². The Morgan fingerprint density at radius 2 is 1.89 bits per heavy atom. The van der Waals surface area contributed by atoms with Crippen LogP contribution in [0, 0.1) is 5.82 Å². The van der Waals surface area contributed by atoms with Gasteiger partial charge in [-0.25, -0.2) is 18.7 Å². The van der Waals surface area contributed by atoms with Crippen LogP contribution in [-0.4, -0.2) is 57.2 Å². The lowest BCUT2D eigenvalue weighted by Gasteiger charge is -2.40. The molecule has 2 aromatic heterocycles. The van der Waals surface area contributed by atoms with Gasteiger partial charge in [-0.3, -0.25) is 4.79 Å². The molecular formula is C25H25ClF4N5O2P. The number of benzene rings is 1. The number of halogens is 5. The fourth-order valence-electron chi connectivity index (χ4n) is 5.03. The highest BCUT2D eigenvalue weighted by molar-refractivity contribution is 6.92. The van der Waals surface area contributed by atoms with E-state index in [1.54, 1.807) is 9.80 Å². The van der Waals surface area contributed by atoms with E-state index in [9.17, 15) is 27.2 Å². The summed E-state index contributed by atoms with van der Waals surface area (Å²) in [5.41, 5.74) is -3.17. The quantitative estimate of drug-likeness (QED) is 0.201. The van der Waals surface area contributed by atoms with Crippen molar-refractivity contribution in [3.8, 4) is 5.69 Å². The van der Waals surface area contributed by atoms with Crippen LogP contribution in [0.25, 0.3) is 16.7 Å². The lowest BCUT2D eigenvalue weighted by Crippen LogP contribution is -2.54. The topological polar surface area (TPSA) is 71.3 Å². The minimum absolute atomic E-state index is 0. The summed E-state index contributed by atoms with van der Waals surface area (Å²) in [5.74, 6) is -0.987. The molecule has 1 aliphatic carbocycles. The van der Waals surface area contributed by atoms with E-state index in [0.717, 1.165) is 10.6 Å². The summed E-state index contributed by atoms with van der Waals surface area (Å²) in [6.45, 7) is 6.21. The summed E-state index contributed by atoms with van der Waals surface area (Å²) in [6, 6.07) is 6.49. The number of carbonyl (C=O) groups excluding carboxylic acids is 1. The Hall–Kier alpha value is -3.04. The molecule has 1 saturated carbocycles. The Bertz CT molecular complexity index is 1490. The minimum atomic E-state index is -4.52. The summed E-state index contributed by atoms with van der Waals surface area (Å²) >= 11 is 5.98. The van der Waals surface area contributed by atoms with E-state index >= 15 is 0 Å². The predicted molar refractivity (Wildman–Crippen MR) is 142 cm³/mol. The smallest absolute Gasteiger partial charge is 0.350 e. The average molecular weight is 570 g/mol. The van der Waals surface area contributed by atoms with Gasteiger partial charge in [-0.1, -0.05) is 36.4 Å². The maximum absolute atomic E-state index is 14.6. The molecule has 1 aromatic carbocycles. The van der Waals surface area contributed by atoms with Crippen LogP contribution < -0.4 is 10.6 Å². The maximum atomic E-state index is 14.6. The molecule has 1 aliphatic heterocycles. The van der Waals surface area contributed by atoms with Crippen LogP contribution in [-0.2, 0) is 10.2 Å². The number of amides is 1. The fourth-order valence-corrected chi connectivity index (χ4v) is 5.16. The van der Waals surface area contributed by atoms with Gasteiger partial charge in [0.1, 0.15) is 5.82 Å². The van der Waals surface area contributed by atoms with Gasteiger partial charge in [-0.05, 0) is 43.5 Å². The summed E-state index contributed by atoms with van der Waals surface area (Å²) in [6.07, 6.45) is -3.53. The number of fused-ring (bicyclic) bond motifs is 1. The number of aromatic nitrogens is 3. The molecule has 0 bridgehead atoms. The van der Waals surface area contributed by atoms with Crippen LogP contribution in [0.15, 0.2) is 47.8 Å². The van der Waals surface area contributed by atoms with Gasteiger partial charge in [-0.15, -0.1) is 0 Å². The molecule has 7 nitrogen and oxygen atoms in total. The minimum Gasteiger partial charge on any atom is -0.350 e. The van der Waals surface area contributed by atoms with Gasteiger partial charge >= 0.3 is 11.9 Å². The Morgan fingerprint density at radius 1 is 1.21 bits per heavy atom. The van der Waals surface area contributed by atoms with E-state index in [-0.39, 0.29) is 69.3 Å². The Kier molecular flexibility index (Phi) is 7.31. The summed E-state index contributed by atoms with van der Waals surface area (Å²) in [4.78, 5) is 37.1. The lowest BCUT2D eigenvalue weighted by molar-refractivity contribution is -0.160. The van der Waals surface area contributed by atoms with Crippen molar-refractivity contribution in [1.82, 2.24) is 19.4 Å². The molecule has 0 spiro atoms. The number of hydrogen-bond acceptors (Lipinski definition) is 5. The Morgan fingerprint density at radius 3 is 2.50 bits per heavy atom. The third-order valence-corrected chi connectivity index (χ3v) is 7.36. The van der Waals surface area contributed by atoms with E-state index in [4.69, 9.17) is 11.6 Å². The second kappa shape index (κ2) is 9.93. The molecule has 2 atom stereocenters. The zero-order valence-electron chi connectivity index (χ0n) is 20.4. The van der Waals surface area contributed by atoms with Crippen LogP contribution in [0.4, 0.5) is 23.4 Å². The zero-order chi connectivity index (χ0) is 26.7. The molecule has 2 aliphatic rings. The molecule has 38 heavy (non-hydrogen) atoms. The first-order chi connectivity index (χ1) is 17.5. The molecule has 5 rings (SSSR count). The van der Waals surface area contributed by atoms with E-state index in [0.29, 0.717) is 13.1 Å². The van der Waals surface area contributed by atoms with E-state index < -0.39 is 28.3 Å². The summed E-state index contributed by atoms with van der Waals surface area (Å²) < 4.78 is 57.7. The monoisotopic (exact) mass is 569 g/mol. The Balaban J connectivity index is 0.00000336. The first kappa shape index (κ1) is 28.0. The van der Waals surface area contributed by atoms with Gasteiger partial charge in [0.25, 0.3) is 0 Å². The average Bonchev–Trinajstić information content (AvgIpc) is 3.67. The van der Waals surface area contributed by atoms with Gasteiger partial charge < -0.3 is 9.80 Å². The molecular weight excluding hydrogens is 545 g/mol. The molecule has 0 N–H and O–H groups in total. The van der Waals surface area contributed by atoms with Crippen molar-refractivity contribution in [3.05, 3.63) is 70.0 Å². The summed E-state index contributed by atoms with van der Waals surface area (Å²) in [5, 5.41) is -0.412. The number of alkyl halides is 3. The highest BCUT2D eigenvalue weighted by Crippen LogP contribution is 2.60. The van der Waals surface area contributed by atoms with Crippen LogP contribution >= 0.6 is 21.5 Å². The normalized spacial score (nSPS) is 18.7. The number of pyridine rings is 1. The standard InChI is InChI=1S/C25H22ClF4N5O2.H3P/c1-3-19(36)33-10-11-34(14(2)13-33)21-15-12-17(27)20(26)31-22(15)35(23(37)32-21)18-7-5-4-6-16(18)24(8-9-24)25(28,29)30;/h3-7,12,14H,1,8-11,13H2,2H3;1H3/t14-;/m0./s1. The molecule has 202 valence electrons. The largest absolute Gasteiger partial charge is 0.398 e. The van der Waals surface area contributed by atoms with Crippen molar-refractivity contribution in [2.75, 3.05) is 24.5 Å². The Labute approximate surface area is 223 Å². The fraction of sp³-hybridized carbons (Fsp3) is 0.360. The number of anilines is 1. The van der Waals surface area contributed by atoms with Crippen molar-refractivity contribution < 1.29 is 22.4 Å². The maximum Gasteiger partial charge on any atom is 0.398 e. The highest BCUT2D eigenvalue weighted by atomic mass is 35.5. The molecule has 2 fully saturated rings. The molecule has 3 aromatic rings.